The number of nitrogens with zero attached hydrogens (tertiary/aromatic N) is 4. The number of ether oxygens (including phenoxy) is 1. The van der Waals surface area contributed by atoms with Gasteiger partial charge in [0.15, 0.2) is 0 Å². The number of benzene rings is 1. The van der Waals surface area contributed by atoms with Crippen LogP contribution in [-0.4, -0.2) is 64.0 Å². The van der Waals surface area contributed by atoms with Gasteiger partial charge in [-0.25, -0.2) is 4.79 Å². The number of piperazine rings is 1. The fourth-order valence-corrected chi connectivity index (χ4v) is 3.72. The number of hydrogen-bond acceptors (Lipinski definition) is 7. The summed E-state index contributed by atoms with van der Waals surface area (Å²) in [5.41, 5.74) is -0.933. The van der Waals surface area contributed by atoms with Crippen molar-refractivity contribution in [2.45, 2.75) is 45.4 Å². The molecule has 172 valence electrons. The normalized spacial score (nSPS) is 15.9. The summed E-state index contributed by atoms with van der Waals surface area (Å²) in [6.07, 6.45) is -0.0170. The van der Waals surface area contributed by atoms with Crippen molar-refractivity contribution in [1.82, 2.24) is 14.5 Å². The highest BCUT2D eigenvalue weighted by Gasteiger charge is 2.32. The summed E-state index contributed by atoms with van der Waals surface area (Å²) in [5, 5.41) is 19.7. The predicted octanol–water partition coefficient (Wildman–Crippen LogP) is 1.16. The minimum atomic E-state index is -0.819. The molecule has 2 aromatic rings. The fourth-order valence-electron chi connectivity index (χ4n) is 3.72. The van der Waals surface area contributed by atoms with E-state index in [1.54, 1.807) is 24.3 Å². The topological polar surface area (TPSA) is 115 Å². The van der Waals surface area contributed by atoms with E-state index in [0.717, 1.165) is 0 Å². The van der Waals surface area contributed by atoms with Gasteiger partial charge in [0.05, 0.1) is 11.6 Å². The highest BCUT2D eigenvalue weighted by Crippen LogP contribution is 2.23. The molecule has 32 heavy (non-hydrogen) atoms. The first-order chi connectivity index (χ1) is 15.2. The number of anilines is 1. The number of aliphatic hydroxyl groups is 1. The summed E-state index contributed by atoms with van der Waals surface area (Å²) in [6, 6.07) is 10.4. The van der Waals surface area contributed by atoms with Crippen molar-refractivity contribution in [3.63, 3.8) is 0 Å². The molecule has 0 bridgehead atoms. The van der Waals surface area contributed by atoms with Gasteiger partial charge in [-0.2, -0.15) is 5.26 Å². The summed E-state index contributed by atoms with van der Waals surface area (Å²) in [6.45, 7) is 9.07. The molecule has 3 rings (SSSR count). The summed E-state index contributed by atoms with van der Waals surface area (Å²) >= 11 is 0. The van der Waals surface area contributed by atoms with Crippen LogP contribution in [0.15, 0.2) is 39.9 Å². The maximum absolute atomic E-state index is 12.2. The smallest absolute Gasteiger partial charge is 0.329 e. The molecule has 1 fully saturated rings. The van der Waals surface area contributed by atoms with E-state index in [0.29, 0.717) is 62.8 Å². The van der Waals surface area contributed by atoms with Crippen LogP contribution in [0.3, 0.4) is 0 Å². The van der Waals surface area contributed by atoms with Crippen LogP contribution in [0.5, 0.6) is 5.75 Å². The molecule has 1 aromatic carbocycles. The van der Waals surface area contributed by atoms with E-state index in [4.69, 9.17) is 10.00 Å². The Hall–Kier alpha value is -3.09. The Bertz CT molecular complexity index is 1030. The minimum Gasteiger partial charge on any atom is -0.485 e. The Morgan fingerprint density at radius 1 is 1.19 bits per heavy atom. The summed E-state index contributed by atoms with van der Waals surface area (Å²) in [5.74, 6) is 1.14. The first-order valence-electron chi connectivity index (χ1n) is 10.9. The lowest BCUT2D eigenvalue weighted by atomic mass is 10.0. The zero-order chi connectivity index (χ0) is 23.3. The average molecular weight is 442 g/mol. The van der Waals surface area contributed by atoms with Crippen molar-refractivity contribution in [2.24, 2.45) is 0 Å². The van der Waals surface area contributed by atoms with Crippen LogP contribution >= 0.6 is 0 Å². The Morgan fingerprint density at radius 3 is 2.41 bits per heavy atom. The van der Waals surface area contributed by atoms with E-state index in [-0.39, 0.29) is 11.2 Å². The van der Waals surface area contributed by atoms with Crippen molar-refractivity contribution in [3.05, 3.63) is 56.7 Å². The van der Waals surface area contributed by atoms with Crippen LogP contribution in [0.25, 0.3) is 0 Å². The maximum atomic E-state index is 12.2. The van der Waals surface area contributed by atoms with Gasteiger partial charge in [0.2, 0.25) is 0 Å². The average Bonchev–Trinajstić information content (AvgIpc) is 2.77. The van der Waals surface area contributed by atoms with Crippen LogP contribution in [0.4, 0.5) is 5.82 Å². The molecule has 9 nitrogen and oxygen atoms in total. The largest absolute Gasteiger partial charge is 0.485 e. The van der Waals surface area contributed by atoms with Crippen molar-refractivity contribution in [2.75, 3.05) is 37.6 Å². The molecule has 0 saturated carbocycles. The van der Waals surface area contributed by atoms with Crippen LogP contribution in [0.1, 0.15) is 32.8 Å². The van der Waals surface area contributed by atoms with Crippen molar-refractivity contribution < 1.29 is 9.84 Å². The van der Waals surface area contributed by atoms with Gasteiger partial charge in [-0.1, -0.05) is 6.92 Å². The van der Waals surface area contributed by atoms with Crippen LogP contribution < -0.4 is 20.9 Å². The number of hydrogen-bond donors (Lipinski definition) is 2. The number of aromatic nitrogens is 2. The van der Waals surface area contributed by atoms with Crippen molar-refractivity contribution in [1.29, 1.82) is 5.26 Å². The number of H-pyrrole nitrogens is 1. The second-order valence-corrected chi connectivity index (χ2v) is 8.59. The van der Waals surface area contributed by atoms with Gasteiger partial charge in [-0.3, -0.25) is 19.2 Å². The molecule has 1 unspecified atom stereocenters. The standard InChI is InChI=1S/C23H31N5O4/c1-4-9-28-21(30)14-20(25-22(28)31)27-12-10-26(11-13-27)16-19(29)23(2,3)32-18-7-5-17(15-24)6-8-18/h5-8,14,19,29H,4,9-13,16H2,1-3H3,(H,25,31). The van der Waals surface area contributed by atoms with E-state index in [9.17, 15) is 14.7 Å². The van der Waals surface area contributed by atoms with Gasteiger partial charge in [0.25, 0.3) is 5.56 Å². The second kappa shape index (κ2) is 10.0. The fraction of sp³-hybridized carbons (Fsp3) is 0.522. The van der Waals surface area contributed by atoms with Gasteiger partial charge in [0.1, 0.15) is 23.3 Å². The number of aliphatic hydroxyl groups excluding tert-OH is 1. The molecule has 1 aromatic heterocycles. The number of β-amino-alcohol motifs (C(OH)–C–C–N with tert-alkyl or cyclic N) is 1. The molecular formula is C23H31N5O4. The van der Waals surface area contributed by atoms with Crippen molar-refractivity contribution in [3.8, 4) is 11.8 Å². The third-order valence-corrected chi connectivity index (χ3v) is 5.76. The third kappa shape index (κ3) is 5.58. The van der Waals surface area contributed by atoms with Crippen molar-refractivity contribution >= 4 is 5.82 Å². The summed E-state index contributed by atoms with van der Waals surface area (Å²) in [4.78, 5) is 31.4. The molecule has 0 radical (unpaired) electrons. The summed E-state index contributed by atoms with van der Waals surface area (Å²) in [7, 11) is 0. The van der Waals surface area contributed by atoms with Gasteiger partial charge >= 0.3 is 5.69 Å². The molecule has 0 amide bonds. The van der Waals surface area contributed by atoms with Gasteiger partial charge in [-0.05, 0) is 44.5 Å². The molecule has 0 aliphatic carbocycles. The van der Waals surface area contributed by atoms with E-state index in [1.165, 1.54) is 10.6 Å². The molecule has 1 aliphatic rings. The van der Waals surface area contributed by atoms with Gasteiger partial charge in [-0.15, -0.1) is 0 Å². The van der Waals surface area contributed by atoms with Crippen LogP contribution in [0, 0.1) is 11.3 Å². The number of nitrogens with one attached hydrogen (secondary N) is 1. The van der Waals surface area contributed by atoms with E-state index >= 15 is 0 Å². The zero-order valence-corrected chi connectivity index (χ0v) is 18.9. The first kappa shape index (κ1) is 23.6. The van der Waals surface area contributed by atoms with E-state index < -0.39 is 11.7 Å². The third-order valence-electron chi connectivity index (χ3n) is 5.76. The number of nitriles is 1. The molecule has 1 atom stereocenters. The predicted molar refractivity (Wildman–Crippen MR) is 122 cm³/mol. The highest BCUT2D eigenvalue weighted by molar-refractivity contribution is 5.37. The quantitative estimate of drug-likeness (QED) is 0.632. The Morgan fingerprint density at radius 2 is 1.84 bits per heavy atom. The minimum absolute atomic E-state index is 0.287. The van der Waals surface area contributed by atoms with Crippen LogP contribution in [-0.2, 0) is 6.54 Å². The number of rotatable bonds is 8. The zero-order valence-electron chi connectivity index (χ0n) is 18.9. The van der Waals surface area contributed by atoms with Gasteiger partial charge in [0, 0.05) is 45.3 Å². The van der Waals surface area contributed by atoms with Gasteiger partial charge < -0.3 is 14.7 Å². The highest BCUT2D eigenvalue weighted by atomic mass is 16.5. The summed E-state index contributed by atoms with van der Waals surface area (Å²) < 4.78 is 7.19. The molecule has 2 heterocycles. The molecular weight excluding hydrogens is 410 g/mol. The monoisotopic (exact) mass is 441 g/mol. The lowest BCUT2D eigenvalue weighted by Crippen LogP contribution is -2.54. The van der Waals surface area contributed by atoms with E-state index in [2.05, 4.69) is 16.0 Å². The molecule has 2 N–H and O–H groups in total. The second-order valence-electron chi connectivity index (χ2n) is 8.59. The molecule has 1 saturated heterocycles. The lowest BCUT2D eigenvalue weighted by Gasteiger charge is -2.39. The molecule has 9 heteroatoms. The Balaban J connectivity index is 1.56. The number of aromatic amines is 1. The maximum Gasteiger partial charge on any atom is 0.329 e. The molecule has 0 spiro atoms. The molecule has 1 aliphatic heterocycles. The Kier molecular flexibility index (Phi) is 7.38. The van der Waals surface area contributed by atoms with Crippen LogP contribution in [0.2, 0.25) is 0 Å². The SMILES string of the molecule is CCCn1c(=O)cc(N2CCN(CC(O)C(C)(C)Oc3ccc(C#N)cc3)CC2)[nH]c1=O. The Labute approximate surface area is 187 Å². The lowest BCUT2D eigenvalue weighted by molar-refractivity contribution is -0.0449. The first-order valence-corrected chi connectivity index (χ1v) is 10.9. The van der Waals surface area contributed by atoms with E-state index in [1.807, 2.05) is 25.7 Å².